The average molecular weight is 261 g/mol. The van der Waals surface area contributed by atoms with E-state index < -0.39 is 27.3 Å². The van der Waals surface area contributed by atoms with Gasteiger partial charge < -0.3 is 10.1 Å². The standard InChI is InChI=1S/C10H15NO5S/c1-2-16-9(13)8-10(5-7(12)11-8)3-4-17(14,15)6-10/h8H,2-6H2,1H3,(H,11,12). The Hall–Kier alpha value is -1.11. The van der Waals surface area contributed by atoms with Gasteiger partial charge in [0.25, 0.3) is 0 Å². The lowest BCUT2D eigenvalue weighted by molar-refractivity contribution is -0.148. The highest BCUT2D eigenvalue weighted by atomic mass is 32.2. The van der Waals surface area contributed by atoms with Crippen molar-refractivity contribution in [2.45, 2.75) is 25.8 Å². The van der Waals surface area contributed by atoms with Gasteiger partial charge >= 0.3 is 5.97 Å². The van der Waals surface area contributed by atoms with E-state index in [0.29, 0.717) is 6.42 Å². The highest BCUT2D eigenvalue weighted by Crippen LogP contribution is 2.42. The van der Waals surface area contributed by atoms with Gasteiger partial charge in [-0.1, -0.05) is 0 Å². The lowest BCUT2D eigenvalue weighted by Crippen LogP contribution is -2.45. The molecule has 6 nitrogen and oxygen atoms in total. The fraction of sp³-hybridized carbons (Fsp3) is 0.800. The first kappa shape index (κ1) is 12.3. The summed E-state index contributed by atoms with van der Waals surface area (Å²) in [4.78, 5) is 23.2. The predicted molar refractivity (Wildman–Crippen MR) is 58.9 cm³/mol. The number of nitrogens with one attached hydrogen (secondary N) is 1. The van der Waals surface area contributed by atoms with Gasteiger partial charge in [-0.3, -0.25) is 4.79 Å². The molecule has 7 heteroatoms. The normalized spacial score (nSPS) is 34.9. The van der Waals surface area contributed by atoms with Crippen molar-refractivity contribution in [3.63, 3.8) is 0 Å². The van der Waals surface area contributed by atoms with Crippen LogP contribution in [0, 0.1) is 5.41 Å². The zero-order chi connectivity index (χ0) is 12.7. The highest BCUT2D eigenvalue weighted by Gasteiger charge is 2.56. The van der Waals surface area contributed by atoms with Crippen LogP contribution in [0.3, 0.4) is 0 Å². The summed E-state index contributed by atoms with van der Waals surface area (Å²) in [5.41, 5.74) is -0.790. The second-order valence-electron chi connectivity index (χ2n) is 4.63. The Bertz CT molecular complexity index is 457. The van der Waals surface area contributed by atoms with Crippen molar-refractivity contribution in [1.82, 2.24) is 5.32 Å². The highest BCUT2D eigenvalue weighted by molar-refractivity contribution is 7.91. The van der Waals surface area contributed by atoms with Gasteiger partial charge in [-0.2, -0.15) is 0 Å². The van der Waals surface area contributed by atoms with Crippen molar-refractivity contribution in [3.05, 3.63) is 0 Å². The van der Waals surface area contributed by atoms with Crippen LogP contribution in [0.25, 0.3) is 0 Å². The molecule has 2 fully saturated rings. The summed E-state index contributed by atoms with van der Waals surface area (Å²) in [6.07, 6.45) is 0.438. The molecule has 0 aromatic rings. The molecular formula is C10H15NO5S. The molecule has 17 heavy (non-hydrogen) atoms. The number of ether oxygens (including phenoxy) is 1. The first-order chi connectivity index (χ1) is 7.88. The monoisotopic (exact) mass is 261 g/mol. The molecule has 1 amide bonds. The van der Waals surface area contributed by atoms with Crippen LogP contribution in [0.5, 0.6) is 0 Å². The quantitative estimate of drug-likeness (QED) is 0.660. The maximum Gasteiger partial charge on any atom is 0.329 e. The second kappa shape index (κ2) is 3.97. The maximum atomic E-state index is 11.7. The van der Waals surface area contributed by atoms with Gasteiger partial charge in [-0.05, 0) is 13.3 Å². The van der Waals surface area contributed by atoms with E-state index in [1.54, 1.807) is 6.92 Å². The van der Waals surface area contributed by atoms with Crippen LogP contribution in [-0.4, -0.2) is 44.4 Å². The third kappa shape index (κ3) is 2.15. The van der Waals surface area contributed by atoms with Crippen LogP contribution >= 0.6 is 0 Å². The zero-order valence-corrected chi connectivity index (χ0v) is 10.4. The number of hydrogen-bond donors (Lipinski definition) is 1. The van der Waals surface area contributed by atoms with Crippen LogP contribution in [0.1, 0.15) is 19.8 Å². The Morgan fingerprint density at radius 2 is 2.29 bits per heavy atom. The molecule has 2 aliphatic heterocycles. The van der Waals surface area contributed by atoms with Crippen molar-refractivity contribution in [3.8, 4) is 0 Å². The fourth-order valence-corrected chi connectivity index (χ4v) is 4.78. The molecule has 0 aromatic carbocycles. The number of esters is 1. The molecule has 2 unspecified atom stereocenters. The molecule has 96 valence electrons. The molecule has 2 atom stereocenters. The van der Waals surface area contributed by atoms with E-state index in [4.69, 9.17) is 4.74 Å². The van der Waals surface area contributed by atoms with Crippen molar-refractivity contribution in [2.24, 2.45) is 5.41 Å². The van der Waals surface area contributed by atoms with Gasteiger partial charge in [0.1, 0.15) is 6.04 Å². The number of carbonyl (C=O) groups excluding carboxylic acids is 2. The van der Waals surface area contributed by atoms with E-state index in [0.717, 1.165) is 0 Å². The summed E-state index contributed by atoms with van der Waals surface area (Å²) in [7, 11) is -3.14. The average Bonchev–Trinajstić information content (AvgIpc) is 2.68. The molecular weight excluding hydrogens is 246 g/mol. The topological polar surface area (TPSA) is 89.5 Å². The summed E-state index contributed by atoms with van der Waals surface area (Å²) in [5, 5.41) is 2.53. The van der Waals surface area contributed by atoms with Crippen molar-refractivity contribution in [1.29, 1.82) is 0 Å². The van der Waals surface area contributed by atoms with E-state index in [1.807, 2.05) is 0 Å². The van der Waals surface area contributed by atoms with E-state index in [9.17, 15) is 18.0 Å². The Kier molecular flexibility index (Phi) is 2.89. The van der Waals surface area contributed by atoms with Crippen LogP contribution in [0.15, 0.2) is 0 Å². The summed E-state index contributed by atoms with van der Waals surface area (Å²) >= 11 is 0. The molecule has 0 aliphatic carbocycles. The molecule has 0 saturated carbocycles. The maximum absolute atomic E-state index is 11.7. The van der Waals surface area contributed by atoms with Crippen molar-refractivity contribution < 1.29 is 22.7 Å². The fourth-order valence-electron chi connectivity index (χ4n) is 2.63. The third-order valence-electron chi connectivity index (χ3n) is 3.37. The Morgan fingerprint density at radius 1 is 1.59 bits per heavy atom. The van der Waals surface area contributed by atoms with Crippen LogP contribution < -0.4 is 5.32 Å². The predicted octanol–water partition coefficient (Wildman–Crippen LogP) is -0.757. The summed E-state index contributed by atoms with van der Waals surface area (Å²) in [6, 6.07) is -0.813. The lowest BCUT2D eigenvalue weighted by Gasteiger charge is -2.26. The van der Waals surface area contributed by atoms with E-state index in [1.165, 1.54) is 0 Å². The first-order valence-electron chi connectivity index (χ1n) is 5.55. The lowest BCUT2D eigenvalue weighted by atomic mass is 9.80. The van der Waals surface area contributed by atoms with Gasteiger partial charge in [-0.25, -0.2) is 13.2 Å². The third-order valence-corrected chi connectivity index (χ3v) is 5.21. The Labute approximate surface area is 99.6 Å². The molecule has 1 spiro atoms. The number of amides is 1. The number of sulfone groups is 1. The SMILES string of the molecule is CCOC(=O)C1NC(=O)CC12CCS(=O)(=O)C2. The van der Waals surface area contributed by atoms with Gasteiger partial charge in [0, 0.05) is 11.8 Å². The van der Waals surface area contributed by atoms with Crippen LogP contribution in [-0.2, 0) is 24.2 Å². The van der Waals surface area contributed by atoms with Crippen LogP contribution in [0.2, 0.25) is 0 Å². The Balaban J connectivity index is 2.26. The number of hydrogen-bond acceptors (Lipinski definition) is 5. The van der Waals surface area contributed by atoms with Gasteiger partial charge in [-0.15, -0.1) is 0 Å². The zero-order valence-electron chi connectivity index (χ0n) is 9.56. The van der Waals surface area contributed by atoms with Crippen LogP contribution in [0.4, 0.5) is 0 Å². The molecule has 0 radical (unpaired) electrons. The van der Waals surface area contributed by atoms with Gasteiger partial charge in [0.05, 0.1) is 18.1 Å². The minimum Gasteiger partial charge on any atom is -0.464 e. The van der Waals surface area contributed by atoms with Crippen molar-refractivity contribution in [2.75, 3.05) is 18.1 Å². The second-order valence-corrected chi connectivity index (χ2v) is 6.82. The molecule has 0 aromatic heterocycles. The van der Waals surface area contributed by atoms with E-state index in [2.05, 4.69) is 5.32 Å². The van der Waals surface area contributed by atoms with Crippen molar-refractivity contribution >= 4 is 21.7 Å². The van der Waals surface area contributed by atoms with Gasteiger partial charge in [0.15, 0.2) is 9.84 Å². The van der Waals surface area contributed by atoms with E-state index >= 15 is 0 Å². The molecule has 1 N–H and O–H groups in total. The summed E-state index contributed by atoms with van der Waals surface area (Å²) in [6.45, 7) is 1.89. The largest absolute Gasteiger partial charge is 0.464 e. The minimum atomic E-state index is -3.14. The number of carbonyl (C=O) groups is 2. The molecule has 0 bridgehead atoms. The first-order valence-corrected chi connectivity index (χ1v) is 7.37. The molecule has 2 rings (SSSR count). The minimum absolute atomic E-state index is 0.0395. The summed E-state index contributed by atoms with van der Waals surface area (Å²) < 4.78 is 27.9. The molecule has 2 heterocycles. The molecule has 2 saturated heterocycles. The Morgan fingerprint density at radius 3 is 2.82 bits per heavy atom. The van der Waals surface area contributed by atoms with Gasteiger partial charge in [0.2, 0.25) is 5.91 Å². The van der Waals surface area contributed by atoms with E-state index in [-0.39, 0.29) is 30.4 Å². The smallest absolute Gasteiger partial charge is 0.329 e. The molecule has 2 aliphatic rings. The summed E-state index contributed by atoms with van der Waals surface area (Å²) in [5.74, 6) is -0.879. The number of rotatable bonds is 2.